The monoisotopic (exact) mass is 380 g/mol. The molecule has 0 aliphatic carbocycles. The third kappa shape index (κ3) is 4.47. The van der Waals surface area contributed by atoms with Crippen LogP contribution in [-0.2, 0) is 11.3 Å². The van der Waals surface area contributed by atoms with Crippen molar-refractivity contribution in [3.63, 3.8) is 0 Å². The van der Waals surface area contributed by atoms with Crippen molar-refractivity contribution in [3.05, 3.63) is 60.2 Å². The first kappa shape index (κ1) is 18.8. The Balaban J connectivity index is 1.36. The third-order valence-electron chi connectivity index (χ3n) is 5.81. The quantitative estimate of drug-likeness (QED) is 0.772. The normalized spacial score (nSPS) is 22.0. The maximum Gasteiger partial charge on any atom is 0.260 e. The van der Waals surface area contributed by atoms with Crippen molar-refractivity contribution in [1.82, 2.24) is 9.80 Å². The van der Waals surface area contributed by atoms with Crippen LogP contribution in [0.1, 0.15) is 18.4 Å². The van der Waals surface area contributed by atoms with Gasteiger partial charge in [-0.1, -0.05) is 36.4 Å². The van der Waals surface area contributed by atoms with E-state index in [4.69, 9.17) is 9.47 Å². The number of benzene rings is 2. The summed E-state index contributed by atoms with van der Waals surface area (Å²) in [4.78, 5) is 17.4. The van der Waals surface area contributed by atoms with Crippen LogP contribution in [0.4, 0.5) is 0 Å². The lowest BCUT2D eigenvalue weighted by molar-refractivity contribution is -0.133. The average molecular weight is 380 g/mol. The van der Waals surface area contributed by atoms with Crippen LogP contribution < -0.4 is 9.47 Å². The highest BCUT2D eigenvalue weighted by Crippen LogP contribution is 2.29. The van der Waals surface area contributed by atoms with Crippen LogP contribution in [-0.4, -0.2) is 55.1 Å². The van der Waals surface area contributed by atoms with Crippen LogP contribution in [0.15, 0.2) is 54.6 Å². The molecule has 5 nitrogen and oxygen atoms in total. The summed E-state index contributed by atoms with van der Waals surface area (Å²) in [7, 11) is 1.62. The van der Waals surface area contributed by atoms with Gasteiger partial charge in [0.2, 0.25) is 0 Å². The molecule has 3 fully saturated rings. The second kappa shape index (κ2) is 8.65. The lowest BCUT2D eigenvalue weighted by Crippen LogP contribution is -2.44. The van der Waals surface area contributed by atoms with Gasteiger partial charge < -0.3 is 14.4 Å². The molecule has 3 heterocycles. The average Bonchev–Trinajstić information content (AvgIpc) is 3.05. The fourth-order valence-corrected chi connectivity index (χ4v) is 4.32. The van der Waals surface area contributed by atoms with E-state index in [9.17, 15) is 4.79 Å². The molecule has 3 saturated heterocycles. The largest absolute Gasteiger partial charge is 0.497 e. The number of fused-ring (bicyclic) bond motifs is 4. The number of amides is 1. The smallest absolute Gasteiger partial charge is 0.260 e. The topological polar surface area (TPSA) is 42.0 Å². The summed E-state index contributed by atoms with van der Waals surface area (Å²) in [6.45, 7) is 3.74. The van der Waals surface area contributed by atoms with Crippen LogP contribution in [0.25, 0.3) is 0 Å². The van der Waals surface area contributed by atoms with Gasteiger partial charge in [0, 0.05) is 38.3 Å². The van der Waals surface area contributed by atoms with E-state index < -0.39 is 0 Å². The molecule has 0 saturated carbocycles. The van der Waals surface area contributed by atoms with Gasteiger partial charge in [0.05, 0.1) is 7.11 Å². The van der Waals surface area contributed by atoms with Crippen LogP contribution in [0.2, 0.25) is 0 Å². The summed E-state index contributed by atoms with van der Waals surface area (Å²) in [6, 6.07) is 18.4. The molecular formula is C23H28N2O3. The molecule has 5 rings (SSSR count). The standard InChI is InChI=1S/C23H28N2O3/c1-27-21-8-5-9-22(12-21)28-17-23(26)25-15-19-10-11-20(16-25)24(14-19)13-18-6-3-2-4-7-18/h2-9,12,19-20H,10-11,13-17H2,1H3/t19-,20-/m0/s1. The molecule has 0 unspecified atom stereocenters. The molecule has 3 aliphatic heterocycles. The molecule has 2 bridgehead atoms. The zero-order valence-electron chi connectivity index (χ0n) is 16.4. The van der Waals surface area contributed by atoms with E-state index >= 15 is 0 Å². The summed E-state index contributed by atoms with van der Waals surface area (Å²) in [5.41, 5.74) is 1.34. The van der Waals surface area contributed by atoms with Gasteiger partial charge in [-0.3, -0.25) is 9.69 Å². The van der Waals surface area contributed by atoms with Crippen LogP contribution >= 0.6 is 0 Å². The molecular weight excluding hydrogens is 352 g/mol. The van der Waals surface area contributed by atoms with Gasteiger partial charge in [-0.2, -0.15) is 0 Å². The SMILES string of the molecule is COc1cccc(OCC(=O)N2C[C@H]3CC[C@@H](C2)N(Cc2ccccc2)C3)c1. The molecule has 5 heteroatoms. The van der Waals surface area contributed by atoms with Crippen molar-refractivity contribution in [2.75, 3.05) is 33.4 Å². The Morgan fingerprint density at radius 1 is 1.00 bits per heavy atom. The second-order valence-electron chi connectivity index (χ2n) is 7.78. The van der Waals surface area contributed by atoms with E-state index in [1.165, 1.54) is 12.0 Å². The Bertz CT molecular complexity index is 795. The number of nitrogens with zero attached hydrogens (tertiary/aromatic N) is 2. The fraction of sp³-hybridized carbons (Fsp3) is 0.435. The van der Waals surface area contributed by atoms with Crippen molar-refractivity contribution < 1.29 is 14.3 Å². The predicted octanol–water partition coefficient (Wildman–Crippen LogP) is 3.20. The van der Waals surface area contributed by atoms with E-state index in [1.54, 1.807) is 13.2 Å². The van der Waals surface area contributed by atoms with Crippen molar-refractivity contribution >= 4 is 5.91 Å². The summed E-state index contributed by atoms with van der Waals surface area (Å²) in [6.07, 6.45) is 2.37. The first-order valence-electron chi connectivity index (χ1n) is 10.0. The minimum absolute atomic E-state index is 0.0706. The molecule has 2 aromatic carbocycles. The van der Waals surface area contributed by atoms with E-state index in [0.717, 1.165) is 38.3 Å². The van der Waals surface area contributed by atoms with Gasteiger partial charge in [0.1, 0.15) is 11.5 Å². The van der Waals surface area contributed by atoms with E-state index in [0.29, 0.717) is 17.7 Å². The molecule has 3 aliphatic rings. The molecule has 2 atom stereocenters. The Hall–Kier alpha value is -2.53. The number of rotatable bonds is 6. The fourth-order valence-electron chi connectivity index (χ4n) is 4.32. The molecule has 148 valence electrons. The van der Waals surface area contributed by atoms with Crippen LogP contribution in [0.3, 0.4) is 0 Å². The Labute approximate surface area is 166 Å². The van der Waals surface area contributed by atoms with Crippen molar-refractivity contribution in [2.45, 2.75) is 25.4 Å². The molecule has 0 spiro atoms. The maximum absolute atomic E-state index is 12.8. The van der Waals surface area contributed by atoms with Crippen molar-refractivity contribution in [2.24, 2.45) is 5.92 Å². The minimum atomic E-state index is 0.0706. The summed E-state index contributed by atoms with van der Waals surface area (Å²) in [5.74, 6) is 2.01. The van der Waals surface area contributed by atoms with Crippen molar-refractivity contribution in [3.8, 4) is 11.5 Å². The van der Waals surface area contributed by atoms with E-state index in [-0.39, 0.29) is 12.5 Å². The zero-order chi connectivity index (χ0) is 19.3. The second-order valence-corrected chi connectivity index (χ2v) is 7.78. The Morgan fingerprint density at radius 3 is 2.64 bits per heavy atom. The molecule has 0 N–H and O–H groups in total. The van der Waals surface area contributed by atoms with Gasteiger partial charge in [0.25, 0.3) is 5.91 Å². The lowest BCUT2D eigenvalue weighted by atomic mass is 9.94. The highest BCUT2D eigenvalue weighted by molar-refractivity contribution is 5.78. The van der Waals surface area contributed by atoms with E-state index in [1.807, 2.05) is 23.1 Å². The number of ether oxygens (including phenoxy) is 2. The Morgan fingerprint density at radius 2 is 1.82 bits per heavy atom. The number of carbonyl (C=O) groups excluding carboxylic acids is 1. The summed E-state index contributed by atoms with van der Waals surface area (Å²) >= 11 is 0. The number of piperidine rings is 1. The molecule has 2 aromatic rings. The highest BCUT2D eigenvalue weighted by atomic mass is 16.5. The molecule has 28 heavy (non-hydrogen) atoms. The van der Waals surface area contributed by atoms with Gasteiger partial charge in [-0.25, -0.2) is 0 Å². The van der Waals surface area contributed by atoms with Crippen molar-refractivity contribution in [1.29, 1.82) is 0 Å². The summed E-state index contributed by atoms with van der Waals surface area (Å²) in [5, 5.41) is 0. The molecule has 0 radical (unpaired) electrons. The number of hydrogen-bond donors (Lipinski definition) is 0. The van der Waals surface area contributed by atoms with Gasteiger partial charge in [-0.15, -0.1) is 0 Å². The lowest BCUT2D eigenvalue weighted by Gasteiger charge is -2.36. The maximum atomic E-state index is 12.8. The van der Waals surface area contributed by atoms with E-state index in [2.05, 4.69) is 35.2 Å². The Kier molecular flexibility index (Phi) is 5.81. The predicted molar refractivity (Wildman–Crippen MR) is 108 cm³/mol. The van der Waals surface area contributed by atoms with Gasteiger partial charge in [-0.05, 0) is 36.5 Å². The van der Waals surface area contributed by atoms with Gasteiger partial charge >= 0.3 is 0 Å². The first-order chi connectivity index (χ1) is 13.7. The number of hydrogen-bond acceptors (Lipinski definition) is 4. The third-order valence-corrected chi connectivity index (χ3v) is 5.81. The van der Waals surface area contributed by atoms with Gasteiger partial charge in [0.15, 0.2) is 6.61 Å². The van der Waals surface area contributed by atoms with Crippen LogP contribution in [0, 0.1) is 5.92 Å². The molecule has 0 aromatic heterocycles. The summed E-state index contributed by atoms with van der Waals surface area (Å²) < 4.78 is 10.9. The highest BCUT2D eigenvalue weighted by Gasteiger charge is 2.36. The number of carbonyl (C=O) groups is 1. The minimum Gasteiger partial charge on any atom is -0.497 e. The first-order valence-corrected chi connectivity index (χ1v) is 10.0. The molecule has 1 amide bonds. The van der Waals surface area contributed by atoms with Crippen LogP contribution in [0.5, 0.6) is 11.5 Å². The number of methoxy groups -OCH3 is 1. The zero-order valence-corrected chi connectivity index (χ0v) is 16.4.